The van der Waals surface area contributed by atoms with E-state index in [1.54, 1.807) is 6.92 Å². The van der Waals surface area contributed by atoms with Gasteiger partial charge in [0.25, 0.3) is 0 Å². The number of rotatable bonds is 6. The van der Waals surface area contributed by atoms with Crippen LogP contribution in [0.15, 0.2) is 12.3 Å². The van der Waals surface area contributed by atoms with Gasteiger partial charge in [-0.05, 0) is 13.3 Å². The standard InChI is InChI=1S/C10H15NO3/c1-3-5-9(8-11)14-7-6-10(12)13-4-2/h6-7,9H,3-5H2,1-2H3. The Hall–Kier alpha value is -1.50. The monoisotopic (exact) mass is 197 g/mol. The first kappa shape index (κ1) is 12.5. The van der Waals surface area contributed by atoms with E-state index in [0.29, 0.717) is 13.0 Å². The van der Waals surface area contributed by atoms with Crippen LogP contribution in [0.1, 0.15) is 26.7 Å². The molecular formula is C10H15NO3. The summed E-state index contributed by atoms with van der Waals surface area (Å²) in [6.45, 7) is 4.02. The zero-order valence-corrected chi connectivity index (χ0v) is 8.53. The van der Waals surface area contributed by atoms with Crippen molar-refractivity contribution >= 4 is 5.97 Å². The van der Waals surface area contributed by atoms with Crippen molar-refractivity contribution in [3.63, 3.8) is 0 Å². The molecule has 0 radical (unpaired) electrons. The van der Waals surface area contributed by atoms with E-state index in [9.17, 15) is 4.79 Å². The van der Waals surface area contributed by atoms with E-state index >= 15 is 0 Å². The van der Waals surface area contributed by atoms with Gasteiger partial charge in [-0.3, -0.25) is 0 Å². The Balaban J connectivity index is 3.79. The molecule has 4 nitrogen and oxygen atoms in total. The van der Waals surface area contributed by atoms with Gasteiger partial charge in [0.05, 0.1) is 18.9 Å². The quantitative estimate of drug-likeness (QED) is 0.370. The highest BCUT2D eigenvalue weighted by Crippen LogP contribution is 2.00. The van der Waals surface area contributed by atoms with Gasteiger partial charge in [0.2, 0.25) is 0 Å². The molecule has 0 spiro atoms. The molecule has 0 N–H and O–H groups in total. The third-order valence-corrected chi connectivity index (χ3v) is 1.43. The Morgan fingerprint density at radius 1 is 1.57 bits per heavy atom. The highest BCUT2D eigenvalue weighted by Gasteiger charge is 2.03. The molecule has 0 aliphatic carbocycles. The van der Waals surface area contributed by atoms with Gasteiger partial charge in [-0.25, -0.2) is 4.79 Å². The van der Waals surface area contributed by atoms with Crippen molar-refractivity contribution in [1.82, 2.24) is 0 Å². The van der Waals surface area contributed by atoms with Gasteiger partial charge in [-0.2, -0.15) is 5.26 Å². The Kier molecular flexibility index (Phi) is 7.24. The maximum Gasteiger partial charge on any atom is 0.333 e. The maximum absolute atomic E-state index is 10.8. The molecule has 0 saturated carbocycles. The van der Waals surface area contributed by atoms with Crippen LogP contribution in [0.4, 0.5) is 0 Å². The van der Waals surface area contributed by atoms with E-state index in [1.165, 1.54) is 12.3 Å². The lowest BCUT2D eigenvalue weighted by Crippen LogP contribution is -2.06. The van der Waals surface area contributed by atoms with Crippen LogP contribution < -0.4 is 0 Å². The molecule has 1 unspecified atom stereocenters. The van der Waals surface area contributed by atoms with Gasteiger partial charge in [-0.1, -0.05) is 13.3 Å². The smallest absolute Gasteiger partial charge is 0.333 e. The molecule has 1 atom stereocenters. The molecule has 0 heterocycles. The molecule has 0 bridgehead atoms. The first-order chi connectivity index (χ1) is 6.74. The van der Waals surface area contributed by atoms with Crippen LogP contribution in [0.5, 0.6) is 0 Å². The number of carbonyl (C=O) groups is 1. The minimum atomic E-state index is -0.481. The molecule has 0 amide bonds. The zero-order valence-electron chi connectivity index (χ0n) is 8.53. The van der Waals surface area contributed by atoms with Crippen LogP contribution in [0.2, 0.25) is 0 Å². The summed E-state index contributed by atoms with van der Waals surface area (Å²) in [6.07, 6.45) is 3.42. The maximum atomic E-state index is 10.8. The molecule has 0 aliphatic heterocycles. The lowest BCUT2D eigenvalue weighted by molar-refractivity contribution is -0.137. The summed E-state index contributed by atoms with van der Waals surface area (Å²) in [6, 6.07) is 1.98. The van der Waals surface area contributed by atoms with Crippen LogP contribution in [0, 0.1) is 11.3 Å². The second kappa shape index (κ2) is 8.11. The van der Waals surface area contributed by atoms with Crippen molar-refractivity contribution in [3.05, 3.63) is 12.3 Å². The summed E-state index contributed by atoms with van der Waals surface area (Å²) < 4.78 is 9.63. The molecule has 0 aliphatic rings. The molecule has 78 valence electrons. The fraction of sp³-hybridized carbons (Fsp3) is 0.600. The summed E-state index contributed by atoms with van der Waals surface area (Å²) in [7, 11) is 0. The number of carbonyl (C=O) groups excluding carboxylic acids is 1. The lowest BCUT2D eigenvalue weighted by Gasteiger charge is -2.05. The number of esters is 1. The van der Waals surface area contributed by atoms with Crippen molar-refractivity contribution in [2.75, 3.05) is 6.61 Å². The predicted octanol–water partition coefficient (Wildman–Crippen LogP) is 1.77. The summed E-state index contributed by atoms with van der Waals surface area (Å²) in [5.41, 5.74) is 0. The number of nitriles is 1. The van der Waals surface area contributed by atoms with Crippen molar-refractivity contribution in [2.24, 2.45) is 0 Å². The zero-order chi connectivity index (χ0) is 10.8. The molecule has 0 aromatic heterocycles. The van der Waals surface area contributed by atoms with E-state index in [1.807, 2.05) is 13.0 Å². The van der Waals surface area contributed by atoms with Crippen molar-refractivity contribution in [3.8, 4) is 6.07 Å². The van der Waals surface area contributed by atoms with E-state index in [0.717, 1.165) is 6.42 Å². The van der Waals surface area contributed by atoms with Gasteiger partial charge in [0, 0.05) is 0 Å². The summed E-state index contributed by atoms with van der Waals surface area (Å²) in [5, 5.41) is 8.60. The third kappa shape index (κ3) is 6.06. The molecule has 4 heteroatoms. The van der Waals surface area contributed by atoms with Crippen molar-refractivity contribution < 1.29 is 14.3 Å². The minimum Gasteiger partial charge on any atom is -0.483 e. The Morgan fingerprint density at radius 2 is 2.29 bits per heavy atom. The van der Waals surface area contributed by atoms with E-state index in [2.05, 4.69) is 4.74 Å². The number of hydrogen-bond acceptors (Lipinski definition) is 4. The van der Waals surface area contributed by atoms with Crippen LogP contribution in [0.3, 0.4) is 0 Å². The van der Waals surface area contributed by atoms with Gasteiger partial charge in [0.15, 0.2) is 6.10 Å². The topological polar surface area (TPSA) is 59.3 Å². The normalized spacial score (nSPS) is 12.1. The van der Waals surface area contributed by atoms with Crippen LogP contribution in [0.25, 0.3) is 0 Å². The number of nitrogens with zero attached hydrogens (tertiary/aromatic N) is 1. The molecule has 0 aromatic carbocycles. The summed E-state index contributed by atoms with van der Waals surface area (Å²) in [4.78, 5) is 10.8. The average Bonchev–Trinajstić information content (AvgIpc) is 2.17. The molecule has 0 rings (SSSR count). The van der Waals surface area contributed by atoms with Crippen LogP contribution in [-0.4, -0.2) is 18.7 Å². The number of ether oxygens (including phenoxy) is 2. The number of hydrogen-bond donors (Lipinski definition) is 0. The highest BCUT2D eigenvalue weighted by atomic mass is 16.5. The molecule has 0 saturated heterocycles. The van der Waals surface area contributed by atoms with Crippen LogP contribution in [-0.2, 0) is 14.3 Å². The first-order valence-corrected chi connectivity index (χ1v) is 4.63. The fourth-order valence-electron chi connectivity index (χ4n) is 0.805. The molecule has 14 heavy (non-hydrogen) atoms. The fourth-order valence-corrected chi connectivity index (χ4v) is 0.805. The SMILES string of the molecule is CCCC(C#N)OC=CC(=O)OCC. The Labute approximate surface area is 84.1 Å². The highest BCUT2D eigenvalue weighted by molar-refractivity contribution is 5.81. The van der Waals surface area contributed by atoms with E-state index < -0.39 is 12.1 Å². The van der Waals surface area contributed by atoms with Gasteiger partial charge in [-0.15, -0.1) is 0 Å². The van der Waals surface area contributed by atoms with Gasteiger partial charge in [0.1, 0.15) is 6.07 Å². The van der Waals surface area contributed by atoms with E-state index in [-0.39, 0.29) is 0 Å². The summed E-state index contributed by atoms with van der Waals surface area (Å²) in [5.74, 6) is -0.458. The average molecular weight is 197 g/mol. The van der Waals surface area contributed by atoms with Gasteiger partial charge < -0.3 is 9.47 Å². The second-order valence-electron chi connectivity index (χ2n) is 2.60. The molecule has 0 aromatic rings. The minimum absolute atomic E-state index is 0.333. The second-order valence-corrected chi connectivity index (χ2v) is 2.60. The van der Waals surface area contributed by atoms with Crippen LogP contribution >= 0.6 is 0 Å². The third-order valence-electron chi connectivity index (χ3n) is 1.43. The summed E-state index contributed by atoms with van der Waals surface area (Å²) >= 11 is 0. The lowest BCUT2D eigenvalue weighted by atomic mass is 10.2. The van der Waals surface area contributed by atoms with Crippen molar-refractivity contribution in [1.29, 1.82) is 5.26 Å². The molecular weight excluding hydrogens is 182 g/mol. The van der Waals surface area contributed by atoms with E-state index in [4.69, 9.17) is 10.00 Å². The van der Waals surface area contributed by atoms with Gasteiger partial charge >= 0.3 is 5.97 Å². The Morgan fingerprint density at radius 3 is 2.79 bits per heavy atom. The Bertz CT molecular complexity index is 230. The predicted molar refractivity (Wildman–Crippen MR) is 51.2 cm³/mol. The largest absolute Gasteiger partial charge is 0.483 e. The molecule has 0 fully saturated rings. The van der Waals surface area contributed by atoms with Crippen molar-refractivity contribution in [2.45, 2.75) is 32.8 Å². The first-order valence-electron chi connectivity index (χ1n) is 4.63.